The van der Waals surface area contributed by atoms with Gasteiger partial charge in [-0.25, -0.2) is 4.39 Å². The average Bonchev–Trinajstić information content (AvgIpc) is 3.13. The third-order valence-electron chi connectivity index (χ3n) is 5.53. The Morgan fingerprint density at radius 3 is 2.69 bits per heavy atom. The summed E-state index contributed by atoms with van der Waals surface area (Å²) in [6, 6.07) is 7.58. The lowest BCUT2D eigenvalue weighted by Gasteiger charge is -2.33. The normalized spacial score (nSPS) is 22.7. The van der Waals surface area contributed by atoms with Gasteiger partial charge in [0, 0.05) is 51.2 Å². The van der Waals surface area contributed by atoms with Crippen LogP contribution in [0, 0.1) is 5.82 Å². The molecule has 0 spiro atoms. The van der Waals surface area contributed by atoms with Gasteiger partial charge in [-0.05, 0) is 18.1 Å². The molecule has 0 saturated carbocycles. The van der Waals surface area contributed by atoms with Crippen molar-refractivity contribution in [3.05, 3.63) is 35.6 Å². The van der Waals surface area contributed by atoms with Crippen LogP contribution in [0.3, 0.4) is 0 Å². The zero-order valence-corrected chi connectivity index (χ0v) is 16.2. The quantitative estimate of drug-likeness (QED) is 0.658. The van der Waals surface area contributed by atoms with Crippen LogP contribution in [-0.4, -0.2) is 74.8 Å². The number of rotatable bonds is 4. The zero-order valence-electron chi connectivity index (χ0n) is 16.2. The molecular formula is C20H31FN4O. The molecule has 0 aliphatic carbocycles. The number of halogens is 1. The van der Waals surface area contributed by atoms with Crippen molar-refractivity contribution in [3.8, 4) is 0 Å². The van der Waals surface area contributed by atoms with Crippen LogP contribution < -0.4 is 5.32 Å². The van der Waals surface area contributed by atoms with E-state index < -0.39 is 0 Å². The van der Waals surface area contributed by atoms with Gasteiger partial charge in [-0.1, -0.05) is 32.0 Å². The summed E-state index contributed by atoms with van der Waals surface area (Å²) in [5.74, 6) is 0.757. The molecule has 0 amide bonds. The Morgan fingerprint density at radius 1 is 1.27 bits per heavy atom. The Morgan fingerprint density at radius 2 is 2.00 bits per heavy atom. The third-order valence-corrected chi connectivity index (χ3v) is 5.53. The van der Waals surface area contributed by atoms with E-state index in [2.05, 4.69) is 34.0 Å². The van der Waals surface area contributed by atoms with Gasteiger partial charge in [0.05, 0.1) is 13.2 Å². The fraction of sp³-hybridized carbons (Fsp3) is 0.650. The van der Waals surface area contributed by atoms with Crippen LogP contribution in [0.25, 0.3) is 0 Å². The third kappa shape index (κ3) is 4.35. The molecule has 2 fully saturated rings. The SMILES string of the molecule is CN=C(NCC(C)(C)c1ccccc1F)N1CCC(N2CCOCC2)C1. The Hall–Kier alpha value is -1.66. The molecule has 1 unspecified atom stereocenters. The van der Waals surface area contributed by atoms with Gasteiger partial charge in [0.1, 0.15) is 5.82 Å². The highest BCUT2D eigenvalue weighted by atomic mass is 19.1. The first-order valence-electron chi connectivity index (χ1n) is 9.53. The van der Waals surface area contributed by atoms with Crippen molar-refractivity contribution in [2.24, 2.45) is 4.99 Å². The minimum absolute atomic E-state index is 0.150. The number of morpholine rings is 1. The zero-order chi connectivity index (χ0) is 18.6. The van der Waals surface area contributed by atoms with E-state index in [1.807, 2.05) is 19.2 Å². The van der Waals surface area contributed by atoms with Crippen LogP contribution >= 0.6 is 0 Å². The van der Waals surface area contributed by atoms with E-state index in [0.29, 0.717) is 12.6 Å². The van der Waals surface area contributed by atoms with Gasteiger partial charge in [-0.15, -0.1) is 0 Å². The summed E-state index contributed by atoms with van der Waals surface area (Å²) in [6.07, 6.45) is 1.15. The number of nitrogens with one attached hydrogen (secondary N) is 1. The van der Waals surface area contributed by atoms with Gasteiger partial charge in [0.2, 0.25) is 0 Å². The maximum absolute atomic E-state index is 14.2. The van der Waals surface area contributed by atoms with Crippen LogP contribution in [0.1, 0.15) is 25.8 Å². The van der Waals surface area contributed by atoms with Gasteiger partial charge < -0.3 is 15.0 Å². The van der Waals surface area contributed by atoms with Crippen molar-refractivity contribution in [1.29, 1.82) is 0 Å². The number of benzene rings is 1. The number of likely N-dealkylation sites (tertiary alicyclic amines) is 1. The van der Waals surface area contributed by atoms with Crippen LogP contribution in [0.15, 0.2) is 29.3 Å². The first-order chi connectivity index (χ1) is 12.5. The highest BCUT2D eigenvalue weighted by Crippen LogP contribution is 2.25. The molecule has 26 heavy (non-hydrogen) atoms. The van der Waals surface area contributed by atoms with E-state index in [4.69, 9.17) is 4.74 Å². The summed E-state index contributed by atoms with van der Waals surface area (Å²) in [4.78, 5) is 9.31. The molecule has 1 N–H and O–H groups in total. The summed E-state index contributed by atoms with van der Waals surface area (Å²) in [5, 5.41) is 3.47. The number of aliphatic imine (C=N–C) groups is 1. The molecule has 6 heteroatoms. The number of nitrogens with zero attached hydrogens (tertiary/aromatic N) is 3. The van der Waals surface area contributed by atoms with E-state index in [-0.39, 0.29) is 11.2 Å². The second-order valence-corrected chi connectivity index (χ2v) is 7.80. The van der Waals surface area contributed by atoms with Crippen LogP contribution in [0.2, 0.25) is 0 Å². The van der Waals surface area contributed by atoms with Gasteiger partial charge in [-0.3, -0.25) is 9.89 Å². The van der Waals surface area contributed by atoms with Gasteiger partial charge in [0.15, 0.2) is 5.96 Å². The second-order valence-electron chi connectivity index (χ2n) is 7.80. The molecule has 5 nitrogen and oxygen atoms in total. The molecule has 1 aromatic rings. The highest BCUT2D eigenvalue weighted by molar-refractivity contribution is 5.80. The first-order valence-corrected chi connectivity index (χ1v) is 9.53. The standard InChI is InChI=1S/C20H31FN4O/c1-20(2,17-6-4-5-7-18(17)21)15-23-19(22-3)25-9-8-16(14-25)24-10-12-26-13-11-24/h4-7,16H,8-15H2,1-3H3,(H,22,23). The van der Waals surface area contributed by atoms with Crippen LogP contribution in [0.4, 0.5) is 4.39 Å². The number of hydrogen-bond acceptors (Lipinski definition) is 3. The van der Waals surface area contributed by atoms with Gasteiger partial charge in [-0.2, -0.15) is 0 Å². The van der Waals surface area contributed by atoms with Crippen molar-refractivity contribution in [3.63, 3.8) is 0 Å². The summed E-state index contributed by atoms with van der Waals surface area (Å²) in [5.41, 5.74) is 0.417. The molecule has 0 bridgehead atoms. The van der Waals surface area contributed by atoms with Gasteiger partial charge >= 0.3 is 0 Å². The van der Waals surface area contributed by atoms with E-state index in [1.165, 1.54) is 6.07 Å². The van der Waals surface area contributed by atoms with E-state index >= 15 is 0 Å². The number of hydrogen-bond donors (Lipinski definition) is 1. The fourth-order valence-corrected chi connectivity index (χ4v) is 3.91. The van der Waals surface area contributed by atoms with E-state index in [1.54, 1.807) is 6.07 Å². The lowest BCUT2D eigenvalue weighted by molar-refractivity contribution is 0.0195. The highest BCUT2D eigenvalue weighted by Gasteiger charge is 2.31. The van der Waals surface area contributed by atoms with E-state index in [0.717, 1.165) is 57.3 Å². The maximum atomic E-state index is 14.2. The number of guanidine groups is 1. The minimum Gasteiger partial charge on any atom is -0.379 e. The van der Waals surface area contributed by atoms with Crippen molar-refractivity contribution < 1.29 is 9.13 Å². The molecule has 2 saturated heterocycles. The molecule has 1 atom stereocenters. The summed E-state index contributed by atoms with van der Waals surface area (Å²) in [6.45, 7) is 10.5. The molecule has 2 heterocycles. The largest absolute Gasteiger partial charge is 0.379 e. The Bertz CT molecular complexity index is 628. The molecule has 0 radical (unpaired) electrons. The van der Waals surface area contributed by atoms with Crippen LogP contribution in [0.5, 0.6) is 0 Å². The lowest BCUT2D eigenvalue weighted by Crippen LogP contribution is -2.48. The predicted octanol–water partition coefficient (Wildman–Crippen LogP) is 2.09. The molecule has 1 aromatic carbocycles. The molecule has 2 aliphatic rings. The smallest absolute Gasteiger partial charge is 0.193 e. The van der Waals surface area contributed by atoms with E-state index in [9.17, 15) is 4.39 Å². The van der Waals surface area contributed by atoms with Crippen molar-refractivity contribution in [2.45, 2.75) is 31.7 Å². The summed E-state index contributed by atoms with van der Waals surface area (Å²) < 4.78 is 19.6. The number of ether oxygens (including phenoxy) is 1. The fourth-order valence-electron chi connectivity index (χ4n) is 3.91. The predicted molar refractivity (Wildman–Crippen MR) is 103 cm³/mol. The minimum atomic E-state index is -0.315. The van der Waals surface area contributed by atoms with Crippen molar-refractivity contribution >= 4 is 5.96 Å². The monoisotopic (exact) mass is 362 g/mol. The van der Waals surface area contributed by atoms with Crippen molar-refractivity contribution in [1.82, 2.24) is 15.1 Å². The Kier molecular flexibility index (Phi) is 6.14. The molecule has 2 aliphatic heterocycles. The lowest BCUT2D eigenvalue weighted by atomic mass is 9.84. The average molecular weight is 362 g/mol. The topological polar surface area (TPSA) is 40.1 Å². The first kappa shape index (κ1) is 19.1. The van der Waals surface area contributed by atoms with Crippen LogP contribution in [-0.2, 0) is 10.2 Å². The Balaban J connectivity index is 1.57. The molecule has 0 aromatic heterocycles. The second kappa shape index (κ2) is 8.35. The molecule has 3 rings (SSSR count). The Labute approximate surface area is 156 Å². The summed E-state index contributed by atoms with van der Waals surface area (Å²) in [7, 11) is 1.82. The van der Waals surface area contributed by atoms with Gasteiger partial charge in [0.25, 0.3) is 0 Å². The molecule has 144 valence electrons. The summed E-state index contributed by atoms with van der Waals surface area (Å²) >= 11 is 0. The molecular weight excluding hydrogens is 331 g/mol. The van der Waals surface area contributed by atoms with Crippen molar-refractivity contribution in [2.75, 3.05) is 53.0 Å². The maximum Gasteiger partial charge on any atom is 0.193 e.